The third kappa shape index (κ3) is 3.59. The number of rotatable bonds is 4. The minimum atomic E-state index is -1.26. The topological polar surface area (TPSA) is 98.7 Å². The van der Waals surface area contributed by atoms with Gasteiger partial charge in [0.25, 0.3) is 0 Å². The Morgan fingerprint density at radius 3 is 2.58 bits per heavy atom. The summed E-state index contributed by atoms with van der Waals surface area (Å²) in [7, 11) is 0. The number of nitrogens with zero attached hydrogens (tertiary/aromatic N) is 1. The number of urea groups is 1. The van der Waals surface area contributed by atoms with Crippen LogP contribution < -0.4 is 10.6 Å². The second kappa shape index (κ2) is 6.40. The number of nitrogens with one attached hydrogen (secondary N) is 2. The third-order valence-electron chi connectivity index (χ3n) is 3.51. The summed E-state index contributed by atoms with van der Waals surface area (Å²) in [5, 5.41) is 14.5. The van der Waals surface area contributed by atoms with Gasteiger partial charge in [-0.3, -0.25) is 4.79 Å². The highest BCUT2D eigenvalue weighted by atomic mass is 16.4. The van der Waals surface area contributed by atoms with Crippen molar-refractivity contribution in [3.8, 4) is 0 Å². The summed E-state index contributed by atoms with van der Waals surface area (Å²) >= 11 is 0. The molecule has 0 atom stereocenters. The molecule has 1 fully saturated rings. The van der Waals surface area contributed by atoms with Gasteiger partial charge in [0, 0.05) is 13.1 Å². The standard InChI is InChI=1S/C12H21N3O4/c1-3-12(4-2,10(17)18)14-11(19)15-7-5-6-13-9(16)8-15/h3-8H2,1-2H3,(H,13,16)(H,14,19)(H,17,18). The zero-order valence-corrected chi connectivity index (χ0v) is 11.4. The molecule has 1 aliphatic heterocycles. The maximum atomic E-state index is 12.1. The molecule has 0 aliphatic carbocycles. The van der Waals surface area contributed by atoms with Crippen LogP contribution in [0.25, 0.3) is 0 Å². The van der Waals surface area contributed by atoms with Gasteiger partial charge in [0.05, 0.1) is 0 Å². The van der Waals surface area contributed by atoms with Crippen LogP contribution in [0.15, 0.2) is 0 Å². The molecule has 0 unspecified atom stereocenters. The lowest BCUT2D eigenvalue weighted by atomic mass is 9.93. The maximum Gasteiger partial charge on any atom is 0.329 e. The zero-order chi connectivity index (χ0) is 14.5. The van der Waals surface area contributed by atoms with Gasteiger partial charge < -0.3 is 20.6 Å². The molecule has 3 N–H and O–H groups in total. The van der Waals surface area contributed by atoms with Crippen LogP contribution in [-0.2, 0) is 9.59 Å². The van der Waals surface area contributed by atoms with Crippen molar-refractivity contribution in [1.82, 2.24) is 15.5 Å². The van der Waals surface area contributed by atoms with E-state index in [4.69, 9.17) is 0 Å². The largest absolute Gasteiger partial charge is 0.480 e. The Hall–Kier alpha value is -1.79. The minimum absolute atomic E-state index is 0.0328. The average molecular weight is 271 g/mol. The SMILES string of the molecule is CCC(CC)(NC(=O)N1CCCNC(=O)C1)C(=O)O. The number of carbonyl (C=O) groups is 3. The van der Waals surface area contributed by atoms with Crippen LogP contribution in [0.3, 0.4) is 0 Å². The molecule has 0 aromatic heterocycles. The first kappa shape index (κ1) is 15.3. The molecule has 1 aliphatic rings. The van der Waals surface area contributed by atoms with E-state index in [1.807, 2.05) is 0 Å². The fraction of sp³-hybridized carbons (Fsp3) is 0.750. The molecule has 0 spiro atoms. The van der Waals surface area contributed by atoms with Crippen LogP contribution in [0, 0.1) is 0 Å². The monoisotopic (exact) mass is 271 g/mol. The van der Waals surface area contributed by atoms with Crippen LogP contribution in [0.2, 0.25) is 0 Å². The smallest absolute Gasteiger partial charge is 0.329 e. The lowest BCUT2D eigenvalue weighted by Crippen LogP contribution is -2.58. The Balaban J connectivity index is 2.76. The Morgan fingerprint density at radius 2 is 2.05 bits per heavy atom. The quantitative estimate of drug-likeness (QED) is 0.678. The summed E-state index contributed by atoms with van der Waals surface area (Å²) in [4.78, 5) is 36.2. The summed E-state index contributed by atoms with van der Waals surface area (Å²) in [5.74, 6) is -1.27. The van der Waals surface area contributed by atoms with Crippen molar-refractivity contribution in [3.63, 3.8) is 0 Å². The van der Waals surface area contributed by atoms with E-state index in [1.54, 1.807) is 13.8 Å². The molecule has 0 radical (unpaired) electrons. The minimum Gasteiger partial charge on any atom is -0.480 e. The first-order chi connectivity index (χ1) is 8.95. The third-order valence-corrected chi connectivity index (χ3v) is 3.51. The van der Waals surface area contributed by atoms with E-state index in [2.05, 4.69) is 10.6 Å². The number of amides is 3. The van der Waals surface area contributed by atoms with E-state index in [9.17, 15) is 19.5 Å². The summed E-state index contributed by atoms with van der Waals surface area (Å²) in [6, 6.07) is -0.497. The van der Waals surface area contributed by atoms with Crippen LogP contribution in [0.1, 0.15) is 33.1 Å². The summed E-state index contributed by atoms with van der Waals surface area (Å²) in [6.45, 7) is 4.37. The van der Waals surface area contributed by atoms with Crippen molar-refractivity contribution in [2.24, 2.45) is 0 Å². The van der Waals surface area contributed by atoms with Gasteiger partial charge in [-0.2, -0.15) is 0 Å². The summed E-state index contributed by atoms with van der Waals surface area (Å²) in [5.41, 5.74) is -1.26. The molecule has 1 saturated heterocycles. The highest BCUT2D eigenvalue weighted by Gasteiger charge is 2.37. The number of hydrogen-bond acceptors (Lipinski definition) is 3. The first-order valence-corrected chi connectivity index (χ1v) is 6.52. The number of carbonyl (C=O) groups excluding carboxylic acids is 2. The van der Waals surface area contributed by atoms with E-state index in [1.165, 1.54) is 4.90 Å². The van der Waals surface area contributed by atoms with E-state index in [-0.39, 0.29) is 12.5 Å². The Kier molecular flexibility index (Phi) is 5.14. The Labute approximate surface area is 112 Å². The van der Waals surface area contributed by atoms with Gasteiger partial charge in [0.1, 0.15) is 12.1 Å². The predicted octanol–water partition coefficient (Wildman–Crippen LogP) is 0.161. The fourth-order valence-corrected chi connectivity index (χ4v) is 2.05. The van der Waals surface area contributed by atoms with Gasteiger partial charge in [0.15, 0.2) is 0 Å². The molecular weight excluding hydrogens is 250 g/mol. The first-order valence-electron chi connectivity index (χ1n) is 6.52. The summed E-state index contributed by atoms with van der Waals surface area (Å²) < 4.78 is 0. The van der Waals surface area contributed by atoms with Crippen molar-refractivity contribution in [3.05, 3.63) is 0 Å². The van der Waals surface area contributed by atoms with Gasteiger partial charge in [-0.1, -0.05) is 13.8 Å². The molecule has 7 nitrogen and oxygen atoms in total. The molecule has 0 aromatic rings. The van der Waals surface area contributed by atoms with E-state index in [0.29, 0.717) is 32.4 Å². The lowest BCUT2D eigenvalue weighted by molar-refractivity contribution is -0.144. The van der Waals surface area contributed by atoms with Crippen LogP contribution >= 0.6 is 0 Å². The molecule has 0 saturated carbocycles. The van der Waals surface area contributed by atoms with Gasteiger partial charge in [-0.25, -0.2) is 9.59 Å². The zero-order valence-electron chi connectivity index (χ0n) is 11.4. The maximum absolute atomic E-state index is 12.1. The van der Waals surface area contributed by atoms with Gasteiger partial charge in [-0.15, -0.1) is 0 Å². The predicted molar refractivity (Wildman–Crippen MR) is 68.7 cm³/mol. The molecule has 1 rings (SSSR count). The molecule has 19 heavy (non-hydrogen) atoms. The van der Waals surface area contributed by atoms with E-state index >= 15 is 0 Å². The van der Waals surface area contributed by atoms with Gasteiger partial charge in [0.2, 0.25) is 5.91 Å². The van der Waals surface area contributed by atoms with Crippen molar-refractivity contribution >= 4 is 17.9 Å². The van der Waals surface area contributed by atoms with Gasteiger partial charge >= 0.3 is 12.0 Å². The van der Waals surface area contributed by atoms with Crippen LogP contribution in [0.5, 0.6) is 0 Å². The molecular formula is C12H21N3O4. The number of carboxylic acids is 1. The number of aliphatic carboxylic acids is 1. The van der Waals surface area contributed by atoms with Crippen LogP contribution in [0.4, 0.5) is 4.79 Å². The van der Waals surface area contributed by atoms with Crippen molar-refractivity contribution in [2.75, 3.05) is 19.6 Å². The fourth-order valence-electron chi connectivity index (χ4n) is 2.05. The van der Waals surface area contributed by atoms with Crippen molar-refractivity contribution in [2.45, 2.75) is 38.6 Å². The lowest BCUT2D eigenvalue weighted by Gasteiger charge is -2.31. The number of carboxylic acid groups (broad SMARTS) is 1. The normalized spacial score (nSPS) is 16.5. The molecule has 1 heterocycles. The molecule has 3 amide bonds. The number of hydrogen-bond donors (Lipinski definition) is 3. The molecule has 108 valence electrons. The van der Waals surface area contributed by atoms with Crippen molar-refractivity contribution < 1.29 is 19.5 Å². The second-order valence-corrected chi connectivity index (χ2v) is 4.65. The average Bonchev–Trinajstić information content (AvgIpc) is 2.60. The van der Waals surface area contributed by atoms with Crippen LogP contribution in [-0.4, -0.2) is 53.1 Å². The highest BCUT2D eigenvalue weighted by molar-refractivity contribution is 5.88. The van der Waals surface area contributed by atoms with Gasteiger partial charge in [-0.05, 0) is 19.3 Å². The molecule has 0 bridgehead atoms. The summed E-state index contributed by atoms with van der Waals surface area (Å²) in [6.07, 6.45) is 1.26. The van der Waals surface area contributed by atoms with E-state index < -0.39 is 17.5 Å². The molecule has 7 heteroatoms. The van der Waals surface area contributed by atoms with Crippen molar-refractivity contribution in [1.29, 1.82) is 0 Å². The highest BCUT2D eigenvalue weighted by Crippen LogP contribution is 2.16. The second-order valence-electron chi connectivity index (χ2n) is 4.65. The Bertz CT molecular complexity index is 366. The Morgan fingerprint density at radius 1 is 1.42 bits per heavy atom. The van der Waals surface area contributed by atoms with E-state index in [0.717, 1.165) is 0 Å². The molecule has 0 aromatic carbocycles.